The molecule has 0 amide bonds. The van der Waals surface area contributed by atoms with Crippen LogP contribution in [0.2, 0.25) is 5.02 Å². The van der Waals surface area contributed by atoms with E-state index < -0.39 is 0 Å². The minimum absolute atomic E-state index is 0.586. The predicted octanol–water partition coefficient (Wildman–Crippen LogP) is 6.02. The van der Waals surface area contributed by atoms with Crippen LogP contribution >= 0.6 is 34.7 Å². The van der Waals surface area contributed by atoms with Crippen LogP contribution in [0.25, 0.3) is 10.6 Å². The second kappa shape index (κ2) is 8.11. The lowest BCUT2D eigenvalue weighted by molar-refractivity contribution is 0.576. The van der Waals surface area contributed by atoms with E-state index in [4.69, 9.17) is 16.6 Å². The quantitative estimate of drug-likeness (QED) is 0.471. The number of thiazole rings is 1. The van der Waals surface area contributed by atoms with Crippen molar-refractivity contribution in [2.24, 2.45) is 0 Å². The Hall–Kier alpha value is -1.37. The lowest BCUT2D eigenvalue weighted by Crippen LogP contribution is -2.06. The van der Waals surface area contributed by atoms with Gasteiger partial charge >= 0.3 is 0 Å². The van der Waals surface area contributed by atoms with Gasteiger partial charge < -0.3 is 4.57 Å². The van der Waals surface area contributed by atoms with Gasteiger partial charge in [0, 0.05) is 29.2 Å². The standard InChI is InChI=1S/C19H21ClN4S2/c1-2-24-17(13-7-3-4-8-13)22-23-19(24)26-12-14-11-25-18(21-14)15-9-5-6-10-16(15)20/h5-6,9-11,13H,2-4,7-8,12H2,1H3. The zero-order valence-electron chi connectivity index (χ0n) is 14.7. The second-order valence-electron chi connectivity index (χ2n) is 6.48. The SMILES string of the molecule is CCn1c(SCc2csc(-c3ccccc3Cl)n2)nnc1C1CCCC1. The van der Waals surface area contributed by atoms with E-state index in [1.807, 2.05) is 24.3 Å². The summed E-state index contributed by atoms with van der Waals surface area (Å²) in [5.41, 5.74) is 2.05. The molecular weight excluding hydrogens is 384 g/mol. The molecule has 0 unspecified atom stereocenters. The number of rotatable bonds is 6. The molecule has 1 aromatic carbocycles. The summed E-state index contributed by atoms with van der Waals surface area (Å²) in [6.45, 7) is 3.09. The monoisotopic (exact) mass is 404 g/mol. The van der Waals surface area contributed by atoms with E-state index in [2.05, 4.69) is 27.1 Å². The van der Waals surface area contributed by atoms with Crippen molar-refractivity contribution in [3.63, 3.8) is 0 Å². The molecule has 136 valence electrons. The van der Waals surface area contributed by atoms with E-state index in [9.17, 15) is 0 Å². The Morgan fingerprint density at radius 1 is 1.23 bits per heavy atom. The minimum atomic E-state index is 0.586. The van der Waals surface area contributed by atoms with Crippen molar-refractivity contribution in [1.29, 1.82) is 0 Å². The van der Waals surface area contributed by atoms with Crippen molar-refractivity contribution in [2.45, 2.75) is 56.0 Å². The van der Waals surface area contributed by atoms with E-state index in [0.717, 1.165) is 38.7 Å². The molecular formula is C19H21ClN4S2. The van der Waals surface area contributed by atoms with Crippen molar-refractivity contribution in [3.8, 4) is 10.6 Å². The summed E-state index contributed by atoms with van der Waals surface area (Å²) >= 11 is 9.64. The molecule has 1 aliphatic carbocycles. The third-order valence-electron chi connectivity index (χ3n) is 4.79. The Morgan fingerprint density at radius 2 is 2.04 bits per heavy atom. The maximum Gasteiger partial charge on any atom is 0.191 e. The summed E-state index contributed by atoms with van der Waals surface area (Å²) < 4.78 is 2.28. The van der Waals surface area contributed by atoms with Gasteiger partial charge in [0.1, 0.15) is 10.8 Å². The molecule has 0 N–H and O–H groups in total. The summed E-state index contributed by atoms with van der Waals surface area (Å²) in [4.78, 5) is 4.75. The average Bonchev–Trinajstić information content (AvgIpc) is 3.39. The van der Waals surface area contributed by atoms with Gasteiger partial charge in [-0.1, -0.05) is 54.4 Å². The van der Waals surface area contributed by atoms with Crippen LogP contribution in [0.3, 0.4) is 0 Å². The Balaban J connectivity index is 1.47. The van der Waals surface area contributed by atoms with Crippen LogP contribution in [-0.2, 0) is 12.3 Å². The van der Waals surface area contributed by atoms with Gasteiger partial charge in [0.25, 0.3) is 0 Å². The maximum atomic E-state index is 6.29. The van der Waals surface area contributed by atoms with Crippen molar-refractivity contribution in [1.82, 2.24) is 19.7 Å². The van der Waals surface area contributed by atoms with E-state index >= 15 is 0 Å². The molecule has 0 atom stereocenters. The van der Waals surface area contributed by atoms with Gasteiger partial charge in [-0.3, -0.25) is 0 Å². The highest BCUT2D eigenvalue weighted by molar-refractivity contribution is 7.98. The molecule has 2 heterocycles. The number of hydrogen-bond donors (Lipinski definition) is 0. The fourth-order valence-corrected chi connectivity index (χ4v) is 5.61. The maximum absolute atomic E-state index is 6.29. The van der Waals surface area contributed by atoms with Gasteiger partial charge in [-0.05, 0) is 25.8 Å². The molecule has 0 radical (unpaired) electrons. The molecule has 1 aliphatic rings. The van der Waals surface area contributed by atoms with Crippen LogP contribution in [0.15, 0.2) is 34.8 Å². The van der Waals surface area contributed by atoms with Crippen LogP contribution < -0.4 is 0 Å². The highest BCUT2D eigenvalue weighted by Gasteiger charge is 2.24. The Kier molecular flexibility index (Phi) is 5.62. The molecule has 7 heteroatoms. The molecule has 1 saturated carbocycles. The van der Waals surface area contributed by atoms with E-state index in [0.29, 0.717) is 5.92 Å². The minimum Gasteiger partial charge on any atom is -0.306 e. The molecule has 4 rings (SSSR count). The topological polar surface area (TPSA) is 43.6 Å². The van der Waals surface area contributed by atoms with Crippen molar-refractivity contribution in [2.75, 3.05) is 0 Å². The summed E-state index contributed by atoms with van der Waals surface area (Å²) in [6, 6.07) is 7.85. The molecule has 1 fully saturated rings. The first kappa shape index (κ1) is 18.0. The molecule has 26 heavy (non-hydrogen) atoms. The highest BCUT2D eigenvalue weighted by Crippen LogP contribution is 2.35. The molecule has 0 bridgehead atoms. The van der Waals surface area contributed by atoms with Gasteiger partial charge in [0.2, 0.25) is 0 Å². The Labute approximate surface area is 167 Å². The molecule has 0 aliphatic heterocycles. The highest BCUT2D eigenvalue weighted by atomic mass is 35.5. The van der Waals surface area contributed by atoms with Crippen LogP contribution in [0.4, 0.5) is 0 Å². The summed E-state index contributed by atoms with van der Waals surface area (Å²) in [5, 5.41) is 13.8. The number of benzene rings is 1. The van der Waals surface area contributed by atoms with E-state index in [1.54, 1.807) is 23.1 Å². The van der Waals surface area contributed by atoms with Crippen LogP contribution in [0.5, 0.6) is 0 Å². The number of hydrogen-bond acceptors (Lipinski definition) is 5. The largest absolute Gasteiger partial charge is 0.306 e. The molecule has 3 aromatic rings. The predicted molar refractivity (Wildman–Crippen MR) is 109 cm³/mol. The van der Waals surface area contributed by atoms with Gasteiger partial charge in [-0.2, -0.15) is 0 Å². The zero-order valence-corrected chi connectivity index (χ0v) is 17.1. The number of nitrogens with zero attached hydrogens (tertiary/aromatic N) is 4. The van der Waals surface area contributed by atoms with Gasteiger partial charge in [0.15, 0.2) is 5.16 Å². The molecule has 4 nitrogen and oxygen atoms in total. The lowest BCUT2D eigenvalue weighted by atomic mass is 10.1. The Morgan fingerprint density at radius 3 is 2.81 bits per heavy atom. The van der Waals surface area contributed by atoms with Crippen molar-refractivity contribution >= 4 is 34.7 Å². The Bertz CT molecular complexity index is 883. The van der Waals surface area contributed by atoms with E-state index in [1.165, 1.54) is 31.5 Å². The van der Waals surface area contributed by atoms with Crippen molar-refractivity contribution in [3.05, 3.63) is 46.2 Å². The van der Waals surface area contributed by atoms with Crippen LogP contribution in [0, 0.1) is 0 Å². The normalized spacial score (nSPS) is 15.0. The zero-order chi connectivity index (χ0) is 17.9. The molecule has 2 aromatic heterocycles. The van der Waals surface area contributed by atoms with Crippen molar-refractivity contribution < 1.29 is 0 Å². The first-order valence-corrected chi connectivity index (χ1v) is 11.3. The fourth-order valence-electron chi connectivity index (χ4n) is 3.46. The summed E-state index contributed by atoms with van der Waals surface area (Å²) in [7, 11) is 0. The van der Waals surface area contributed by atoms with Gasteiger partial charge in [-0.15, -0.1) is 21.5 Å². The van der Waals surface area contributed by atoms with Gasteiger partial charge in [-0.25, -0.2) is 4.98 Å². The number of aromatic nitrogens is 4. The fraction of sp³-hybridized carbons (Fsp3) is 0.421. The summed E-state index contributed by atoms with van der Waals surface area (Å²) in [5.74, 6) is 2.55. The first-order chi connectivity index (χ1) is 12.8. The van der Waals surface area contributed by atoms with E-state index in [-0.39, 0.29) is 0 Å². The third kappa shape index (κ3) is 3.68. The van der Waals surface area contributed by atoms with Gasteiger partial charge in [0.05, 0.1) is 10.7 Å². The van der Waals surface area contributed by atoms with Crippen LogP contribution in [-0.4, -0.2) is 19.7 Å². The first-order valence-electron chi connectivity index (χ1n) is 9.01. The number of halogens is 1. The average molecular weight is 405 g/mol. The third-order valence-corrected chi connectivity index (χ3v) is 7.04. The second-order valence-corrected chi connectivity index (χ2v) is 8.69. The molecule has 0 saturated heterocycles. The lowest BCUT2D eigenvalue weighted by Gasteiger charge is -2.11. The molecule has 0 spiro atoms. The summed E-state index contributed by atoms with van der Waals surface area (Å²) in [6.07, 6.45) is 5.12. The van der Waals surface area contributed by atoms with Crippen LogP contribution in [0.1, 0.15) is 50.0 Å². The number of thioether (sulfide) groups is 1. The smallest absolute Gasteiger partial charge is 0.191 e.